The molecule has 136 valence electrons. The molecule has 1 heterocycles. The third-order valence-corrected chi connectivity index (χ3v) is 5.61. The predicted molar refractivity (Wildman–Crippen MR) is 101 cm³/mol. The van der Waals surface area contributed by atoms with Gasteiger partial charge in [-0.05, 0) is 31.7 Å². The van der Waals surface area contributed by atoms with Crippen LogP contribution in [-0.4, -0.2) is 31.8 Å². The fourth-order valence-corrected chi connectivity index (χ4v) is 3.39. The lowest BCUT2D eigenvalue weighted by Crippen LogP contribution is -2.21. The molecular weight excluding hydrogens is 348 g/mol. The molecule has 0 bridgehead atoms. The van der Waals surface area contributed by atoms with Gasteiger partial charge in [0.1, 0.15) is 5.69 Å². The molecule has 0 saturated carbocycles. The van der Waals surface area contributed by atoms with Gasteiger partial charge in [0.05, 0.1) is 11.4 Å². The van der Waals surface area contributed by atoms with E-state index in [0.717, 1.165) is 22.6 Å². The highest BCUT2D eigenvalue weighted by Gasteiger charge is 2.16. The third kappa shape index (κ3) is 4.20. The van der Waals surface area contributed by atoms with Crippen LogP contribution in [0.25, 0.3) is 11.3 Å². The highest BCUT2D eigenvalue weighted by atomic mass is 32.2. The van der Waals surface area contributed by atoms with Crippen molar-refractivity contribution in [3.8, 4) is 11.3 Å². The third-order valence-electron chi connectivity index (χ3n) is 4.49. The second-order valence-corrected chi connectivity index (χ2v) is 8.49. The molecule has 3 aromatic rings. The summed E-state index contributed by atoms with van der Waals surface area (Å²) in [5, 5.41) is 4.14. The van der Waals surface area contributed by atoms with Gasteiger partial charge in [0.15, 0.2) is 15.6 Å². The summed E-state index contributed by atoms with van der Waals surface area (Å²) in [5.41, 5.74) is 2.89. The summed E-state index contributed by atoms with van der Waals surface area (Å²) in [6.07, 6.45) is 1.21. The minimum Gasteiger partial charge on any atom is -0.359 e. The SMILES string of the molecule is CC(c1ccc(S(C)(=O)=O)cc1)N(C)Cc1cc(-c2ccccc2)no1. The first-order valence-electron chi connectivity index (χ1n) is 8.36. The van der Waals surface area contributed by atoms with E-state index in [-0.39, 0.29) is 6.04 Å². The molecule has 0 radical (unpaired) electrons. The lowest BCUT2D eigenvalue weighted by atomic mass is 10.1. The number of aromatic nitrogens is 1. The van der Waals surface area contributed by atoms with Gasteiger partial charge in [0.25, 0.3) is 0 Å². The summed E-state index contributed by atoms with van der Waals surface area (Å²) in [5.74, 6) is 0.783. The Morgan fingerprint density at radius 3 is 2.35 bits per heavy atom. The van der Waals surface area contributed by atoms with Crippen molar-refractivity contribution >= 4 is 9.84 Å². The van der Waals surface area contributed by atoms with Gasteiger partial charge in [0, 0.05) is 23.9 Å². The number of hydrogen-bond acceptors (Lipinski definition) is 5. The largest absolute Gasteiger partial charge is 0.359 e. The standard InChI is InChI=1S/C20H22N2O3S/c1-15(16-9-11-19(12-10-16)26(3,23)24)22(2)14-18-13-20(21-25-18)17-7-5-4-6-8-17/h4-13,15H,14H2,1-3H3. The van der Waals surface area contributed by atoms with Crippen LogP contribution >= 0.6 is 0 Å². The second-order valence-electron chi connectivity index (χ2n) is 6.48. The van der Waals surface area contributed by atoms with Gasteiger partial charge in [-0.1, -0.05) is 47.6 Å². The van der Waals surface area contributed by atoms with E-state index in [1.807, 2.05) is 55.6 Å². The average molecular weight is 370 g/mol. The Hall–Kier alpha value is -2.44. The van der Waals surface area contributed by atoms with Crippen LogP contribution in [0, 0.1) is 0 Å². The Labute approximate surface area is 154 Å². The highest BCUT2D eigenvalue weighted by molar-refractivity contribution is 7.90. The van der Waals surface area contributed by atoms with E-state index >= 15 is 0 Å². The lowest BCUT2D eigenvalue weighted by molar-refractivity contribution is 0.221. The van der Waals surface area contributed by atoms with Crippen LogP contribution in [0.5, 0.6) is 0 Å². The van der Waals surface area contributed by atoms with Crippen molar-refractivity contribution in [2.75, 3.05) is 13.3 Å². The van der Waals surface area contributed by atoms with Crippen LogP contribution in [-0.2, 0) is 16.4 Å². The molecule has 0 N–H and O–H groups in total. The molecule has 1 atom stereocenters. The second kappa shape index (κ2) is 7.43. The first-order valence-corrected chi connectivity index (χ1v) is 10.2. The van der Waals surface area contributed by atoms with Crippen LogP contribution in [0.2, 0.25) is 0 Å². The zero-order chi connectivity index (χ0) is 18.7. The average Bonchev–Trinajstić information content (AvgIpc) is 3.09. The number of benzene rings is 2. The summed E-state index contributed by atoms with van der Waals surface area (Å²) in [4.78, 5) is 2.46. The fraction of sp³-hybridized carbons (Fsp3) is 0.250. The van der Waals surface area contributed by atoms with Gasteiger partial charge in [-0.3, -0.25) is 4.90 Å². The molecule has 3 rings (SSSR count). The number of rotatable bonds is 6. The molecule has 0 aliphatic rings. The van der Waals surface area contributed by atoms with Gasteiger partial charge in [-0.2, -0.15) is 0 Å². The molecule has 0 amide bonds. The molecule has 0 spiro atoms. The maximum absolute atomic E-state index is 11.6. The van der Waals surface area contributed by atoms with Crippen LogP contribution in [0.3, 0.4) is 0 Å². The van der Waals surface area contributed by atoms with E-state index < -0.39 is 9.84 Å². The Kier molecular flexibility index (Phi) is 5.25. The van der Waals surface area contributed by atoms with E-state index in [9.17, 15) is 8.42 Å². The molecule has 6 heteroatoms. The molecular formula is C20H22N2O3S. The summed E-state index contributed by atoms with van der Waals surface area (Å²) in [6, 6.07) is 19.0. The van der Waals surface area contributed by atoms with Gasteiger partial charge < -0.3 is 4.52 Å². The Morgan fingerprint density at radius 2 is 1.73 bits per heavy atom. The van der Waals surface area contributed by atoms with Crippen molar-refractivity contribution in [3.05, 3.63) is 72.0 Å². The van der Waals surface area contributed by atoms with E-state index in [1.54, 1.807) is 12.1 Å². The van der Waals surface area contributed by atoms with E-state index in [2.05, 4.69) is 17.0 Å². The molecule has 26 heavy (non-hydrogen) atoms. The normalized spacial score (nSPS) is 13.1. The monoisotopic (exact) mass is 370 g/mol. The van der Waals surface area contributed by atoms with E-state index in [0.29, 0.717) is 11.4 Å². The first-order chi connectivity index (χ1) is 12.3. The number of hydrogen-bond donors (Lipinski definition) is 0. The van der Waals surface area contributed by atoms with Crippen LogP contribution < -0.4 is 0 Å². The quantitative estimate of drug-likeness (QED) is 0.658. The van der Waals surface area contributed by atoms with Crippen molar-refractivity contribution in [2.24, 2.45) is 0 Å². The molecule has 0 saturated heterocycles. The number of nitrogens with zero attached hydrogens (tertiary/aromatic N) is 2. The molecule has 5 nitrogen and oxygen atoms in total. The Balaban J connectivity index is 1.70. The maximum atomic E-state index is 11.6. The summed E-state index contributed by atoms with van der Waals surface area (Å²) in [7, 11) is -1.17. The summed E-state index contributed by atoms with van der Waals surface area (Å²) < 4.78 is 28.6. The van der Waals surface area contributed by atoms with Gasteiger partial charge in [0.2, 0.25) is 0 Å². The van der Waals surface area contributed by atoms with Crippen molar-refractivity contribution < 1.29 is 12.9 Å². The maximum Gasteiger partial charge on any atom is 0.175 e. The first kappa shape index (κ1) is 18.4. The fourth-order valence-electron chi connectivity index (χ4n) is 2.76. The Bertz CT molecular complexity index is 964. The highest BCUT2D eigenvalue weighted by Crippen LogP contribution is 2.24. The molecule has 0 fully saturated rings. The smallest absolute Gasteiger partial charge is 0.175 e. The molecule has 0 aliphatic carbocycles. The lowest BCUT2D eigenvalue weighted by Gasteiger charge is -2.24. The molecule has 1 aromatic heterocycles. The van der Waals surface area contributed by atoms with Crippen molar-refractivity contribution in [1.29, 1.82) is 0 Å². The molecule has 0 aliphatic heterocycles. The van der Waals surface area contributed by atoms with Crippen LogP contribution in [0.1, 0.15) is 24.3 Å². The predicted octanol–water partition coefficient (Wildman–Crippen LogP) is 3.94. The van der Waals surface area contributed by atoms with Crippen molar-refractivity contribution in [2.45, 2.75) is 24.4 Å². The minimum atomic E-state index is -3.17. The minimum absolute atomic E-state index is 0.105. The topological polar surface area (TPSA) is 63.4 Å². The molecule has 1 unspecified atom stereocenters. The van der Waals surface area contributed by atoms with Crippen LogP contribution in [0.4, 0.5) is 0 Å². The summed E-state index contributed by atoms with van der Waals surface area (Å²) >= 11 is 0. The van der Waals surface area contributed by atoms with Crippen molar-refractivity contribution in [1.82, 2.24) is 10.1 Å². The number of sulfone groups is 1. The van der Waals surface area contributed by atoms with Gasteiger partial charge in [-0.15, -0.1) is 0 Å². The van der Waals surface area contributed by atoms with E-state index in [1.165, 1.54) is 6.26 Å². The summed E-state index contributed by atoms with van der Waals surface area (Å²) in [6.45, 7) is 2.68. The zero-order valence-corrected chi connectivity index (χ0v) is 15.9. The van der Waals surface area contributed by atoms with Gasteiger partial charge >= 0.3 is 0 Å². The van der Waals surface area contributed by atoms with E-state index in [4.69, 9.17) is 4.52 Å². The van der Waals surface area contributed by atoms with Crippen LogP contribution in [0.15, 0.2) is 70.1 Å². The molecule has 2 aromatic carbocycles. The Morgan fingerprint density at radius 1 is 1.08 bits per heavy atom. The zero-order valence-electron chi connectivity index (χ0n) is 15.1. The van der Waals surface area contributed by atoms with Crippen molar-refractivity contribution in [3.63, 3.8) is 0 Å². The van der Waals surface area contributed by atoms with Gasteiger partial charge in [-0.25, -0.2) is 8.42 Å².